The minimum absolute atomic E-state index is 0.0629. The molecule has 2 atom stereocenters. The summed E-state index contributed by atoms with van der Waals surface area (Å²) in [6.45, 7) is 5.32. The predicted octanol–water partition coefficient (Wildman–Crippen LogP) is 7.81. The van der Waals surface area contributed by atoms with Crippen molar-refractivity contribution in [2.24, 2.45) is 0 Å². The summed E-state index contributed by atoms with van der Waals surface area (Å²) in [5, 5.41) is 10.6. The molecule has 56 heavy (non-hydrogen) atoms. The smallest absolute Gasteiger partial charge is 0.292 e. The maximum Gasteiger partial charge on any atom is 0.292 e. The molecule has 0 spiro atoms. The molecule has 13 heteroatoms. The molecule has 8 rings (SSSR count). The van der Waals surface area contributed by atoms with Gasteiger partial charge in [-0.2, -0.15) is 5.10 Å². The third-order valence-electron chi connectivity index (χ3n) is 10.3. The monoisotopic (exact) mass is 788 g/mol. The van der Waals surface area contributed by atoms with Gasteiger partial charge in [-0.3, -0.25) is 19.7 Å². The van der Waals surface area contributed by atoms with Gasteiger partial charge >= 0.3 is 0 Å². The number of aromatic amines is 1. The second-order valence-corrected chi connectivity index (χ2v) is 14.7. The number of ether oxygens (including phenoxy) is 3. The molecule has 2 N–H and O–H groups in total. The summed E-state index contributed by atoms with van der Waals surface area (Å²) in [6.07, 6.45) is 3.67. The average molecular weight is 790 g/mol. The molecule has 2 amide bonds. The highest BCUT2D eigenvalue weighted by molar-refractivity contribution is 6.42. The SMILES string of the molecule is Cc1nccc(-c2ccc(CCNC(=O)C3Cc4cc5c(cc4CN3C(=O)c3ncn[nH]3)OC(c3ccc(OCc4ccc(Cl)c(Cl)c4)cc3)CO5)cc2)c1C. The minimum Gasteiger partial charge on any atom is -0.489 e. The van der Waals surface area contributed by atoms with Gasteiger partial charge in [0.05, 0.1) is 10.0 Å². The van der Waals surface area contributed by atoms with Crippen molar-refractivity contribution in [3.05, 3.63) is 152 Å². The van der Waals surface area contributed by atoms with E-state index in [0.717, 1.165) is 50.2 Å². The number of H-pyrrole nitrogens is 1. The van der Waals surface area contributed by atoms with Gasteiger partial charge in [-0.15, -0.1) is 0 Å². The lowest BCUT2D eigenvalue weighted by atomic mass is 9.92. The molecule has 2 aromatic heterocycles. The van der Waals surface area contributed by atoms with Crippen LogP contribution in [0.3, 0.4) is 0 Å². The quantitative estimate of drug-likeness (QED) is 0.144. The Bertz CT molecular complexity index is 2390. The Kier molecular flexibility index (Phi) is 10.6. The van der Waals surface area contributed by atoms with E-state index in [-0.39, 0.29) is 24.4 Å². The number of aromatic nitrogens is 4. The Labute approximate surface area is 334 Å². The molecule has 4 heterocycles. The number of nitrogens with one attached hydrogen (secondary N) is 2. The summed E-state index contributed by atoms with van der Waals surface area (Å²) in [7, 11) is 0. The van der Waals surface area contributed by atoms with Crippen LogP contribution in [0.25, 0.3) is 11.1 Å². The van der Waals surface area contributed by atoms with E-state index < -0.39 is 11.9 Å². The number of rotatable bonds is 10. The molecule has 4 aromatic carbocycles. The second-order valence-electron chi connectivity index (χ2n) is 13.9. The predicted molar refractivity (Wildman–Crippen MR) is 212 cm³/mol. The summed E-state index contributed by atoms with van der Waals surface area (Å²) in [4.78, 5) is 37.5. The molecule has 0 saturated heterocycles. The maximum absolute atomic E-state index is 13.8. The first-order valence-electron chi connectivity index (χ1n) is 18.3. The van der Waals surface area contributed by atoms with E-state index in [1.807, 2.05) is 61.7 Å². The van der Waals surface area contributed by atoms with Gasteiger partial charge in [0.25, 0.3) is 5.91 Å². The van der Waals surface area contributed by atoms with Crippen molar-refractivity contribution in [2.45, 2.75) is 52.0 Å². The van der Waals surface area contributed by atoms with Crippen molar-refractivity contribution in [2.75, 3.05) is 13.2 Å². The van der Waals surface area contributed by atoms with Gasteiger partial charge in [-0.05, 0) is 107 Å². The Morgan fingerprint density at radius 3 is 2.46 bits per heavy atom. The van der Waals surface area contributed by atoms with Crippen LogP contribution >= 0.6 is 23.2 Å². The fourth-order valence-corrected chi connectivity index (χ4v) is 7.35. The third-order valence-corrected chi connectivity index (χ3v) is 11.1. The van der Waals surface area contributed by atoms with Gasteiger partial charge in [-0.1, -0.05) is 65.7 Å². The first kappa shape index (κ1) is 37.0. The highest BCUT2D eigenvalue weighted by Gasteiger charge is 2.37. The summed E-state index contributed by atoms with van der Waals surface area (Å²) in [5.74, 6) is 1.25. The Morgan fingerprint density at radius 2 is 1.70 bits per heavy atom. The Morgan fingerprint density at radius 1 is 0.911 bits per heavy atom. The first-order chi connectivity index (χ1) is 27.2. The molecule has 0 radical (unpaired) electrons. The standard InChI is InChI=1S/C43H38Cl2N6O5/c1-25-26(2)46-16-14-34(25)29-6-3-27(4-7-29)13-15-47-42(52)37-18-31-19-38-39(20-32(31)21-51(37)43(53)41-48-24-49-50-41)56-40(23-55-38)30-8-10-33(11-9-30)54-22-28-5-12-35(44)36(45)17-28/h3-12,14,16-17,19-20,24,37,40H,13,15,18,21-23H2,1-2H3,(H,47,52)(H,48,49,50). The van der Waals surface area contributed by atoms with Crippen LogP contribution in [0.15, 0.2) is 97.5 Å². The van der Waals surface area contributed by atoms with E-state index in [1.165, 1.54) is 11.2 Å². The Hall–Kier alpha value is -5.91. The zero-order valence-electron chi connectivity index (χ0n) is 30.7. The fourth-order valence-electron chi connectivity index (χ4n) is 7.03. The highest BCUT2D eigenvalue weighted by atomic mass is 35.5. The van der Waals surface area contributed by atoms with E-state index >= 15 is 0 Å². The van der Waals surface area contributed by atoms with E-state index in [0.29, 0.717) is 59.9 Å². The number of hydrogen-bond donors (Lipinski definition) is 2. The number of aryl methyl sites for hydroxylation is 1. The molecule has 2 aliphatic heterocycles. The molecular weight excluding hydrogens is 751 g/mol. The molecule has 0 aliphatic carbocycles. The number of carbonyl (C=O) groups excluding carboxylic acids is 2. The molecule has 0 fully saturated rings. The van der Waals surface area contributed by atoms with Gasteiger partial charge in [0.1, 0.15) is 31.3 Å². The van der Waals surface area contributed by atoms with Crippen LogP contribution in [0.4, 0.5) is 0 Å². The van der Waals surface area contributed by atoms with Gasteiger partial charge < -0.3 is 24.4 Å². The second kappa shape index (κ2) is 16.1. The largest absolute Gasteiger partial charge is 0.489 e. The number of fused-ring (bicyclic) bond motifs is 2. The van der Waals surface area contributed by atoms with Crippen molar-refractivity contribution < 1.29 is 23.8 Å². The normalized spacial score (nSPS) is 15.9. The molecule has 0 saturated carbocycles. The maximum atomic E-state index is 13.8. The lowest BCUT2D eigenvalue weighted by Gasteiger charge is -2.36. The first-order valence-corrected chi connectivity index (χ1v) is 19.0. The fraction of sp³-hybridized carbons (Fsp3) is 0.233. The summed E-state index contributed by atoms with van der Waals surface area (Å²) in [5.41, 5.74) is 9.12. The third kappa shape index (κ3) is 7.91. The summed E-state index contributed by atoms with van der Waals surface area (Å²) < 4.78 is 18.6. The summed E-state index contributed by atoms with van der Waals surface area (Å²) >= 11 is 12.2. The van der Waals surface area contributed by atoms with Gasteiger partial charge in [0.2, 0.25) is 11.7 Å². The number of hydrogen-bond acceptors (Lipinski definition) is 8. The van der Waals surface area contributed by atoms with Gasteiger partial charge in [0.15, 0.2) is 17.6 Å². The van der Waals surface area contributed by atoms with Crippen molar-refractivity contribution >= 4 is 35.0 Å². The van der Waals surface area contributed by atoms with E-state index in [1.54, 1.807) is 12.1 Å². The van der Waals surface area contributed by atoms with Crippen LogP contribution in [-0.4, -0.2) is 56.1 Å². The number of nitrogens with zero attached hydrogens (tertiary/aromatic N) is 4. The van der Waals surface area contributed by atoms with Crippen molar-refractivity contribution in [3.8, 4) is 28.4 Å². The zero-order valence-corrected chi connectivity index (χ0v) is 32.2. The van der Waals surface area contributed by atoms with Crippen LogP contribution in [0.5, 0.6) is 17.2 Å². The van der Waals surface area contributed by atoms with E-state index in [9.17, 15) is 9.59 Å². The molecule has 2 unspecified atom stereocenters. The van der Waals surface area contributed by atoms with Gasteiger partial charge in [-0.25, -0.2) is 4.98 Å². The minimum atomic E-state index is -0.770. The molecule has 11 nitrogen and oxygen atoms in total. The van der Waals surface area contributed by atoms with Crippen molar-refractivity contribution in [1.82, 2.24) is 30.4 Å². The lowest BCUT2D eigenvalue weighted by molar-refractivity contribution is -0.126. The van der Waals surface area contributed by atoms with Crippen molar-refractivity contribution in [1.29, 1.82) is 0 Å². The lowest BCUT2D eigenvalue weighted by Crippen LogP contribution is -2.53. The number of pyridine rings is 1. The van der Waals surface area contributed by atoms with Crippen LogP contribution in [0.1, 0.15) is 55.8 Å². The molecule has 2 aliphatic rings. The number of benzene rings is 4. The number of halogens is 2. The summed E-state index contributed by atoms with van der Waals surface area (Å²) in [6, 6.07) is 26.5. The molecule has 284 valence electrons. The molecule has 6 aromatic rings. The number of amides is 2. The topological polar surface area (TPSA) is 132 Å². The van der Waals surface area contributed by atoms with Crippen LogP contribution in [0.2, 0.25) is 10.0 Å². The Balaban J connectivity index is 0.930. The molecule has 0 bridgehead atoms. The molecular formula is C43H38Cl2N6O5. The number of carbonyl (C=O) groups is 2. The van der Waals surface area contributed by atoms with E-state index in [4.69, 9.17) is 37.4 Å². The van der Waals surface area contributed by atoms with Crippen molar-refractivity contribution in [3.63, 3.8) is 0 Å². The van der Waals surface area contributed by atoms with E-state index in [2.05, 4.69) is 56.7 Å². The highest BCUT2D eigenvalue weighted by Crippen LogP contribution is 2.41. The zero-order chi connectivity index (χ0) is 38.8. The van der Waals surface area contributed by atoms with Crippen LogP contribution in [0, 0.1) is 13.8 Å². The van der Waals surface area contributed by atoms with Crippen LogP contribution in [-0.2, 0) is 30.8 Å². The van der Waals surface area contributed by atoms with Crippen LogP contribution < -0.4 is 19.5 Å². The van der Waals surface area contributed by atoms with Gasteiger partial charge in [0, 0.05) is 31.4 Å². The average Bonchev–Trinajstić information content (AvgIpc) is 3.77.